The number of anilines is 1. The molecule has 0 amide bonds. The summed E-state index contributed by atoms with van der Waals surface area (Å²) in [7, 11) is 2.04. The molecule has 2 aromatic rings. The van der Waals surface area contributed by atoms with Crippen LogP contribution in [0.4, 0.5) is 5.69 Å². The molecule has 4 heteroatoms. The standard InChI is InChI=1S/C15H18ClN3/c1-19(11-12-4-3-9-18-10-12)15-13(7-8-17)5-2-6-14(15)16/h2-6,9-10H,7-8,11,17H2,1H3. The van der Waals surface area contributed by atoms with Crippen molar-refractivity contribution in [3.8, 4) is 0 Å². The first-order valence-corrected chi connectivity index (χ1v) is 6.67. The predicted octanol–water partition coefficient (Wildman–Crippen LogP) is 2.87. The molecule has 3 nitrogen and oxygen atoms in total. The van der Waals surface area contributed by atoms with Crippen LogP contribution in [-0.2, 0) is 13.0 Å². The van der Waals surface area contributed by atoms with Gasteiger partial charge in [-0.05, 0) is 36.2 Å². The summed E-state index contributed by atoms with van der Waals surface area (Å²) < 4.78 is 0. The van der Waals surface area contributed by atoms with E-state index in [1.165, 1.54) is 5.56 Å². The number of hydrogen-bond donors (Lipinski definition) is 1. The molecule has 1 heterocycles. The summed E-state index contributed by atoms with van der Waals surface area (Å²) in [5.74, 6) is 0. The molecule has 2 rings (SSSR count). The third-order valence-corrected chi connectivity index (χ3v) is 3.31. The predicted molar refractivity (Wildman–Crippen MR) is 80.6 cm³/mol. The average Bonchev–Trinajstić information content (AvgIpc) is 2.40. The van der Waals surface area contributed by atoms with Crippen LogP contribution in [0.5, 0.6) is 0 Å². The van der Waals surface area contributed by atoms with E-state index in [1.807, 2.05) is 31.4 Å². The lowest BCUT2D eigenvalue weighted by atomic mass is 10.1. The van der Waals surface area contributed by atoms with Crippen LogP contribution in [0.15, 0.2) is 42.7 Å². The topological polar surface area (TPSA) is 42.2 Å². The number of nitrogens with zero attached hydrogens (tertiary/aromatic N) is 2. The Labute approximate surface area is 119 Å². The smallest absolute Gasteiger partial charge is 0.0642 e. The number of halogens is 1. The van der Waals surface area contributed by atoms with Crippen molar-refractivity contribution in [2.24, 2.45) is 5.73 Å². The minimum absolute atomic E-state index is 0.619. The summed E-state index contributed by atoms with van der Waals surface area (Å²) in [6, 6.07) is 9.96. The molecule has 19 heavy (non-hydrogen) atoms. The average molecular weight is 276 g/mol. The van der Waals surface area contributed by atoms with Gasteiger partial charge in [0.2, 0.25) is 0 Å². The van der Waals surface area contributed by atoms with Crippen LogP contribution in [0.25, 0.3) is 0 Å². The number of pyridine rings is 1. The van der Waals surface area contributed by atoms with Crippen LogP contribution >= 0.6 is 11.6 Å². The van der Waals surface area contributed by atoms with E-state index >= 15 is 0 Å². The molecule has 100 valence electrons. The maximum absolute atomic E-state index is 6.33. The van der Waals surface area contributed by atoms with E-state index < -0.39 is 0 Å². The Kier molecular flexibility index (Phi) is 4.77. The van der Waals surface area contributed by atoms with E-state index in [0.29, 0.717) is 6.54 Å². The number of aromatic nitrogens is 1. The fourth-order valence-electron chi connectivity index (χ4n) is 2.19. The first kappa shape index (κ1) is 13.8. The maximum atomic E-state index is 6.33. The highest BCUT2D eigenvalue weighted by molar-refractivity contribution is 6.33. The maximum Gasteiger partial charge on any atom is 0.0642 e. The summed E-state index contributed by atoms with van der Waals surface area (Å²) in [4.78, 5) is 6.28. The molecule has 1 aromatic carbocycles. The van der Waals surface area contributed by atoms with E-state index in [-0.39, 0.29) is 0 Å². The van der Waals surface area contributed by atoms with Crippen molar-refractivity contribution in [2.45, 2.75) is 13.0 Å². The summed E-state index contributed by atoms with van der Waals surface area (Å²) in [5, 5.41) is 0.761. The molecule has 0 saturated carbocycles. The van der Waals surface area contributed by atoms with Gasteiger partial charge in [0.05, 0.1) is 10.7 Å². The molecule has 2 N–H and O–H groups in total. The van der Waals surface area contributed by atoms with Crippen LogP contribution < -0.4 is 10.6 Å². The van der Waals surface area contributed by atoms with Crippen molar-refractivity contribution in [2.75, 3.05) is 18.5 Å². The largest absolute Gasteiger partial charge is 0.369 e. The number of rotatable bonds is 5. The molecular weight excluding hydrogens is 258 g/mol. The zero-order valence-corrected chi connectivity index (χ0v) is 11.8. The number of hydrogen-bond acceptors (Lipinski definition) is 3. The van der Waals surface area contributed by atoms with Gasteiger partial charge in [-0.25, -0.2) is 0 Å². The number of nitrogens with two attached hydrogens (primary N) is 1. The normalized spacial score (nSPS) is 10.5. The minimum Gasteiger partial charge on any atom is -0.369 e. The molecule has 0 atom stereocenters. The van der Waals surface area contributed by atoms with Gasteiger partial charge >= 0.3 is 0 Å². The van der Waals surface area contributed by atoms with E-state index in [0.717, 1.165) is 29.2 Å². The number of para-hydroxylation sites is 1. The molecular formula is C15H18ClN3. The summed E-state index contributed by atoms with van der Waals surface area (Å²) >= 11 is 6.33. The zero-order valence-electron chi connectivity index (χ0n) is 11.0. The quantitative estimate of drug-likeness (QED) is 0.912. The molecule has 0 aliphatic carbocycles. The first-order valence-electron chi connectivity index (χ1n) is 6.30. The molecule has 0 unspecified atom stereocenters. The Morgan fingerprint density at radius 1 is 1.26 bits per heavy atom. The Balaban J connectivity index is 2.25. The van der Waals surface area contributed by atoms with Crippen LogP contribution in [-0.4, -0.2) is 18.6 Å². The van der Waals surface area contributed by atoms with Gasteiger partial charge in [-0.2, -0.15) is 0 Å². The molecule has 0 aliphatic rings. The third-order valence-electron chi connectivity index (χ3n) is 3.01. The monoisotopic (exact) mass is 275 g/mol. The molecule has 0 aliphatic heterocycles. The van der Waals surface area contributed by atoms with E-state index in [9.17, 15) is 0 Å². The molecule has 0 radical (unpaired) electrons. The van der Waals surface area contributed by atoms with Crippen LogP contribution in [0, 0.1) is 0 Å². The van der Waals surface area contributed by atoms with Gasteiger partial charge in [-0.1, -0.05) is 29.8 Å². The molecule has 0 spiro atoms. The van der Waals surface area contributed by atoms with Crippen molar-refractivity contribution in [3.05, 3.63) is 58.9 Å². The highest BCUT2D eigenvalue weighted by Gasteiger charge is 2.11. The van der Waals surface area contributed by atoms with Crippen molar-refractivity contribution in [1.82, 2.24) is 4.98 Å². The fourth-order valence-corrected chi connectivity index (χ4v) is 2.53. The van der Waals surface area contributed by atoms with Gasteiger partial charge < -0.3 is 10.6 Å². The van der Waals surface area contributed by atoms with Gasteiger partial charge in [0.1, 0.15) is 0 Å². The van der Waals surface area contributed by atoms with E-state index in [2.05, 4.69) is 22.0 Å². The number of benzene rings is 1. The Morgan fingerprint density at radius 3 is 2.79 bits per heavy atom. The third kappa shape index (κ3) is 3.46. The lowest BCUT2D eigenvalue weighted by Gasteiger charge is -2.23. The first-order chi connectivity index (χ1) is 9.22. The van der Waals surface area contributed by atoms with Crippen LogP contribution in [0.2, 0.25) is 5.02 Å². The molecule has 0 bridgehead atoms. The highest BCUT2D eigenvalue weighted by Crippen LogP contribution is 2.30. The van der Waals surface area contributed by atoms with Crippen LogP contribution in [0.3, 0.4) is 0 Å². The lowest BCUT2D eigenvalue weighted by molar-refractivity contribution is 0.888. The fraction of sp³-hybridized carbons (Fsp3) is 0.267. The second-order valence-electron chi connectivity index (χ2n) is 4.50. The molecule has 0 fully saturated rings. The van der Waals surface area contributed by atoms with Crippen LogP contribution in [0.1, 0.15) is 11.1 Å². The Morgan fingerprint density at radius 2 is 2.11 bits per heavy atom. The highest BCUT2D eigenvalue weighted by atomic mass is 35.5. The SMILES string of the molecule is CN(Cc1cccnc1)c1c(Cl)cccc1CCN. The summed E-state index contributed by atoms with van der Waals surface area (Å²) in [6.45, 7) is 1.39. The van der Waals surface area contributed by atoms with Crippen molar-refractivity contribution >= 4 is 17.3 Å². The van der Waals surface area contributed by atoms with E-state index in [4.69, 9.17) is 17.3 Å². The lowest BCUT2D eigenvalue weighted by Crippen LogP contribution is -2.19. The molecule has 1 aromatic heterocycles. The van der Waals surface area contributed by atoms with Crippen molar-refractivity contribution in [1.29, 1.82) is 0 Å². The summed E-state index contributed by atoms with van der Waals surface area (Å²) in [6.07, 6.45) is 4.47. The van der Waals surface area contributed by atoms with Gasteiger partial charge in [0.25, 0.3) is 0 Å². The van der Waals surface area contributed by atoms with Gasteiger partial charge in [-0.15, -0.1) is 0 Å². The Bertz CT molecular complexity index is 528. The second kappa shape index (κ2) is 6.55. The van der Waals surface area contributed by atoms with Crippen molar-refractivity contribution < 1.29 is 0 Å². The minimum atomic E-state index is 0.619. The van der Waals surface area contributed by atoms with Gasteiger partial charge in [-0.3, -0.25) is 4.98 Å². The van der Waals surface area contributed by atoms with Crippen molar-refractivity contribution in [3.63, 3.8) is 0 Å². The van der Waals surface area contributed by atoms with E-state index in [1.54, 1.807) is 6.20 Å². The second-order valence-corrected chi connectivity index (χ2v) is 4.91. The van der Waals surface area contributed by atoms with Gasteiger partial charge in [0, 0.05) is 26.0 Å². The zero-order chi connectivity index (χ0) is 13.7. The summed E-state index contributed by atoms with van der Waals surface area (Å²) in [5.41, 5.74) is 9.05. The Hall–Kier alpha value is -1.58. The van der Waals surface area contributed by atoms with Gasteiger partial charge in [0.15, 0.2) is 0 Å². The molecule has 0 saturated heterocycles.